The summed E-state index contributed by atoms with van der Waals surface area (Å²) in [6, 6.07) is 12.3. The summed E-state index contributed by atoms with van der Waals surface area (Å²) in [6.07, 6.45) is -2.44. The average molecular weight is 623 g/mol. The van der Waals surface area contributed by atoms with Gasteiger partial charge in [0.15, 0.2) is 11.5 Å². The van der Waals surface area contributed by atoms with Crippen molar-refractivity contribution in [1.82, 2.24) is 19.8 Å². The molecule has 2 aliphatic heterocycles. The molecule has 1 aromatic heterocycles. The fourth-order valence-corrected chi connectivity index (χ4v) is 5.58. The number of alkyl halides is 3. The van der Waals surface area contributed by atoms with Crippen LogP contribution in [-0.4, -0.2) is 50.6 Å². The van der Waals surface area contributed by atoms with E-state index < -0.39 is 34.7 Å². The second kappa shape index (κ2) is 12.3. The third-order valence-electron chi connectivity index (χ3n) is 8.00. The van der Waals surface area contributed by atoms with Crippen LogP contribution in [0.25, 0.3) is 0 Å². The first kappa shape index (κ1) is 31.6. The van der Waals surface area contributed by atoms with Gasteiger partial charge < -0.3 is 15.4 Å². The summed E-state index contributed by atoms with van der Waals surface area (Å²) in [6.45, 7) is 3.83. The van der Waals surface area contributed by atoms with Gasteiger partial charge in [0.05, 0.1) is 37.0 Å². The summed E-state index contributed by atoms with van der Waals surface area (Å²) < 4.78 is 47.0. The van der Waals surface area contributed by atoms with E-state index in [1.54, 1.807) is 0 Å². The molecule has 0 fully saturated rings. The lowest BCUT2D eigenvalue weighted by atomic mass is 9.83. The molecule has 0 saturated heterocycles. The molecule has 2 aliphatic rings. The van der Waals surface area contributed by atoms with Crippen LogP contribution in [0, 0.1) is 5.92 Å². The van der Waals surface area contributed by atoms with E-state index in [0.29, 0.717) is 29.7 Å². The highest BCUT2D eigenvalue weighted by Crippen LogP contribution is 2.40. The van der Waals surface area contributed by atoms with Gasteiger partial charge in [-0.15, -0.1) is 0 Å². The fourth-order valence-electron chi connectivity index (χ4n) is 5.58. The molecule has 10 nitrogen and oxygen atoms in total. The molecule has 0 spiro atoms. The number of aliphatic imine (C=N–C) groups is 1. The third-order valence-corrected chi connectivity index (χ3v) is 8.00. The van der Waals surface area contributed by atoms with Crippen LogP contribution in [-0.2, 0) is 52.1 Å². The van der Waals surface area contributed by atoms with Gasteiger partial charge in [0.2, 0.25) is 0 Å². The topological polar surface area (TPSA) is 131 Å². The lowest BCUT2D eigenvalue weighted by Crippen LogP contribution is -2.42. The second-order valence-electron chi connectivity index (χ2n) is 11.6. The van der Waals surface area contributed by atoms with Crippen LogP contribution in [0.4, 0.5) is 13.2 Å². The maximum atomic E-state index is 14.1. The first-order valence-corrected chi connectivity index (χ1v) is 14.4. The number of hydrogen-bond donors (Lipinski definition) is 1. The van der Waals surface area contributed by atoms with Gasteiger partial charge in [-0.2, -0.15) is 13.2 Å². The Bertz CT molecular complexity index is 1660. The van der Waals surface area contributed by atoms with E-state index in [1.807, 2.05) is 44.2 Å². The highest BCUT2D eigenvalue weighted by molar-refractivity contribution is 6.07. The molecule has 0 saturated carbocycles. The molecule has 0 bridgehead atoms. The number of rotatable bonds is 9. The van der Waals surface area contributed by atoms with Gasteiger partial charge in [-0.05, 0) is 42.0 Å². The Morgan fingerprint density at radius 1 is 1.11 bits per heavy atom. The predicted molar refractivity (Wildman–Crippen MR) is 157 cm³/mol. The smallest absolute Gasteiger partial charge is 0.417 e. The summed E-state index contributed by atoms with van der Waals surface area (Å²) >= 11 is 0. The first-order valence-electron chi connectivity index (χ1n) is 14.4. The molecule has 5 rings (SSSR count). The summed E-state index contributed by atoms with van der Waals surface area (Å²) in [4.78, 5) is 54.8. The van der Waals surface area contributed by atoms with Crippen molar-refractivity contribution < 1.29 is 32.3 Å². The molecule has 45 heavy (non-hydrogen) atoms. The number of nitrogens with two attached hydrogens (primary N) is 1. The zero-order chi connectivity index (χ0) is 32.5. The minimum Gasteiger partial charge on any atom is -0.469 e. The molecule has 3 aromatic rings. The van der Waals surface area contributed by atoms with Gasteiger partial charge in [-0.3, -0.25) is 19.3 Å². The molecule has 2 amide bonds. The van der Waals surface area contributed by atoms with Crippen LogP contribution in [0.15, 0.2) is 59.7 Å². The van der Waals surface area contributed by atoms with Crippen molar-refractivity contribution in [2.45, 2.75) is 64.5 Å². The van der Waals surface area contributed by atoms with Crippen LogP contribution in [0.1, 0.15) is 70.8 Å². The van der Waals surface area contributed by atoms with E-state index in [9.17, 15) is 27.6 Å². The van der Waals surface area contributed by atoms with Crippen LogP contribution >= 0.6 is 0 Å². The Balaban J connectivity index is 1.42. The maximum Gasteiger partial charge on any atom is 0.417 e. The lowest BCUT2D eigenvalue weighted by molar-refractivity contribution is -0.140. The Labute approximate surface area is 258 Å². The van der Waals surface area contributed by atoms with E-state index in [0.717, 1.165) is 12.1 Å². The number of halogens is 3. The number of nitrogens with zero attached hydrogens (tertiary/aromatic N) is 5. The monoisotopic (exact) mass is 622 g/mol. The molecule has 2 N–H and O–H groups in total. The van der Waals surface area contributed by atoms with Crippen LogP contribution < -0.4 is 5.73 Å². The highest BCUT2D eigenvalue weighted by atomic mass is 19.4. The van der Waals surface area contributed by atoms with Crippen molar-refractivity contribution in [2.75, 3.05) is 7.11 Å². The standard InChI is InChI=1S/C32H33F3N6O4/c1-19(2)11-12-31(22-7-5-4-6-8-22)29(44)41(30(36)39-31)16-20-9-10-24(32(33,34)35)23(13-20)28(43)40-17-21-15-37-26(14-27(42)45-3)38-25(21)18-40/h4-10,13,15,19H,11-12,14,16-18H2,1-3H3,(H2,36,39). The van der Waals surface area contributed by atoms with Gasteiger partial charge in [-0.25, -0.2) is 15.0 Å². The molecular formula is C32H33F3N6O4. The Kier molecular flexibility index (Phi) is 8.63. The van der Waals surface area contributed by atoms with E-state index >= 15 is 0 Å². The predicted octanol–water partition coefficient (Wildman–Crippen LogP) is 4.36. The molecule has 236 valence electrons. The number of methoxy groups -OCH3 is 1. The zero-order valence-electron chi connectivity index (χ0n) is 25.1. The molecule has 0 aliphatic carbocycles. The lowest BCUT2D eigenvalue weighted by Gasteiger charge is -2.27. The van der Waals surface area contributed by atoms with Crippen LogP contribution in [0.2, 0.25) is 0 Å². The maximum absolute atomic E-state index is 14.1. The van der Waals surface area contributed by atoms with Gasteiger partial charge in [0.1, 0.15) is 12.2 Å². The van der Waals surface area contributed by atoms with E-state index in [4.69, 9.17) is 5.73 Å². The zero-order valence-corrected chi connectivity index (χ0v) is 25.1. The number of fused-ring (bicyclic) bond motifs is 1. The first-order chi connectivity index (χ1) is 21.3. The summed E-state index contributed by atoms with van der Waals surface area (Å²) in [7, 11) is 1.23. The minimum atomic E-state index is -4.81. The molecule has 0 radical (unpaired) electrons. The average Bonchev–Trinajstić information content (AvgIpc) is 3.54. The van der Waals surface area contributed by atoms with Gasteiger partial charge in [-0.1, -0.05) is 50.2 Å². The third kappa shape index (κ3) is 6.38. The Hall–Kier alpha value is -4.81. The number of aromatic nitrogens is 2. The normalized spacial score (nSPS) is 17.9. The number of guanidine groups is 1. The van der Waals surface area contributed by atoms with Gasteiger partial charge in [0.25, 0.3) is 11.8 Å². The number of amides is 2. The van der Waals surface area contributed by atoms with Crippen molar-refractivity contribution in [3.63, 3.8) is 0 Å². The second-order valence-corrected chi connectivity index (χ2v) is 11.6. The fraction of sp³-hybridized carbons (Fsp3) is 0.375. The van der Waals surface area contributed by atoms with E-state index in [2.05, 4.69) is 19.7 Å². The van der Waals surface area contributed by atoms with E-state index in [-0.39, 0.29) is 55.2 Å². The number of esters is 1. The molecule has 3 heterocycles. The largest absolute Gasteiger partial charge is 0.469 e. The summed E-state index contributed by atoms with van der Waals surface area (Å²) in [5, 5.41) is 0. The molecule has 13 heteroatoms. The molecule has 1 atom stereocenters. The van der Waals surface area contributed by atoms with E-state index in [1.165, 1.54) is 29.2 Å². The van der Waals surface area contributed by atoms with Crippen LogP contribution in [0.3, 0.4) is 0 Å². The quantitative estimate of drug-likeness (QED) is 0.351. The van der Waals surface area contributed by atoms with Crippen molar-refractivity contribution in [1.29, 1.82) is 0 Å². The van der Waals surface area contributed by atoms with Crippen molar-refractivity contribution in [3.05, 3.63) is 94.1 Å². The minimum absolute atomic E-state index is 0.00609. The Morgan fingerprint density at radius 3 is 2.51 bits per heavy atom. The number of benzene rings is 2. The molecular weight excluding hydrogens is 589 g/mol. The van der Waals surface area contributed by atoms with Gasteiger partial charge in [0, 0.05) is 18.3 Å². The van der Waals surface area contributed by atoms with Crippen molar-refractivity contribution in [2.24, 2.45) is 16.6 Å². The SMILES string of the molecule is COC(=O)Cc1ncc2c(n1)CN(C(=O)c1cc(CN3C(=O)C(CCC(C)C)(c4ccccc4)N=C3N)ccc1C(F)(F)F)C2. The molecule has 2 aromatic carbocycles. The Morgan fingerprint density at radius 2 is 1.84 bits per heavy atom. The number of ether oxygens (including phenoxy) is 1. The van der Waals surface area contributed by atoms with Crippen LogP contribution in [0.5, 0.6) is 0 Å². The number of carbonyl (C=O) groups is 3. The van der Waals surface area contributed by atoms with Crippen molar-refractivity contribution >= 4 is 23.7 Å². The van der Waals surface area contributed by atoms with Gasteiger partial charge >= 0.3 is 12.1 Å². The molecule has 1 unspecified atom stereocenters. The highest BCUT2D eigenvalue weighted by Gasteiger charge is 2.49. The summed E-state index contributed by atoms with van der Waals surface area (Å²) in [5.74, 6) is -1.36. The number of carbonyl (C=O) groups excluding carboxylic acids is 3. The summed E-state index contributed by atoms with van der Waals surface area (Å²) in [5.41, 5.74) is 5.33. The van der Waals surface area contributed by atoms with Crippen molar-refractivity contribution in [3.8, 4) is 0 Å². The number of hydrogen-bond acceptors (Lipinski definition) is 8.